The van der Waals surface area contributed by atoms with Crippen molar-refractivity contribution in [1.82, 2.24) is 0 Å². The van der Waals surface area contributed by atoms with Crippen molar-refractivity contribution in [2.75, 3.05) is 0 Å². The van der Waals surface area contributed by atoms with Crippen LogP contribution >= 0.6 is 0 Å². The molecule has 0 N–H and O–H groups in total. The standard InChI is InChI=1S/C16H22O2/c1-3-5-11-15(17)13-9-7-8-10-14(13)16(18)12-6-4-2/h7-10H,3-6,11-12H2,1-2H3. The van der Waals surface area contributed by atoms with Crippen LogP contribution in [-0.2, 0) is 0 Å². The summed E-state index contributed by atoms with van der Waals surface area (Å²) >= 11 is 0. The molecule has 2 heteroatoms. The molecule has 18 heavy (non-hydrogen) atoms. The summed E-state index contributed by atoms with van der Waals surface area (Å²) in [5.41, 5.74) is 1.21. The summed E-state index contributed by atoms with van der Waals surface area (Å²) in [6.07, 6.45) is 4.84. The lowest BCUT2D eigenvalue weighted by Gasteiger charge is -2.07. The zero-order chi connectivity index (χ0) is 13.4. The second-order valence-electron chi connectivity index (χ2n) is 4.60. The molecule has 0 aromatic heterocycles. The molecule has 0 saturated heterocycles. The van der Waals surface area contributed by atoms with E-state index in [9.17, 15) is 9.59 Å². The van der Waals surface area contributed by atoms with Crippen LogP contribution < -0.4 is 0 Å². The molecule has 0 radical (unpaired) electrons. The average Bonchev–Trinajstić information content (AvgIpc) is 2.42. The molecule has 0 fully saturated rings. The van der Waals surface area contributed by atoms with Gasteiger partial charge < -0.3 is 0 Å². The third-order valence-electron chi connectivity index (χ3n) is 3.04. The van der Waals surface area contributed by atoms with Gasteiger partial charge in [-0.3, -0.25) is 9.59 Å². The third kappa shape index (κ3) is 4.10. The highest BCUT2D eigenvalue weighted by molar-refractivity contribution is 6.08. The van der Waals surface area contributed by atoms with Gasteiger partial charge in [0.05, 0.1) is 0 Å². The molecule has 0 aliphatic heterocycles. The van der Waals surface area contributed by atoms with Crippen molar-refractivity contribution in [3.05, 3.63) is 35.4 Å². The number of hydrogen-bond donors (Lipinski definition) is 0. The van der Waals surface area contributed by atoms with Gasteiger partial charge in [-0.2, -0.15) is 0 Å². The summed E-state index contributed by atoms with van der Waals surface area (Å²) in [5.74, 6) is 0.189. The smallest absolute Gasteiger partial charge is 0.163 e. The number of hydrogen-bond acceptors (Lipinski definition) is 2. The molecule has 0 amide bonds. The fraction of sp³-hybridized carbons (Fsp3) is 0.500. The van der Waals surface area contributed by atoms with Gasteiger partial charge in [-0.25, -0.2) is 0 Å². The van der Waals surface area contributed by atoms with E-state index in [1.165, 1.54) is 0 Å². The molecule has 0 atom stereocenters. The molecule has 1 rings (SSSR count). The molecular formula is C16H22O2. The van der Waals surface area contributed by atoms with Crippen LogP contribution in [0.5, 0.6) is 0 Å². The molecule has 0 bridgehead atoms. The van der Waals surface area contributed by atoms with Crippen molar-refractivity contribution in [3.63, 3.8) is 0 Å². The highest BCUT2D eigenvalue weighted by Crippen LogP contribution is 2.16. The maximum Gasteiger partial charge on any atom is 0.163 e. The predicted molar refractivity (Wildman–Crippen MR) is 74.2 cm³/mol. The Morgan fingerprint density at radius 3 is 1.56 bits per heavy atom. The first-order valence-corrected chi connectivity index (χ1v) is 6.86. The molecule has 0 aliphatic carbocycles. The van der Waals surface area contributed by atoms with Gasteiger partial charge in [0.1, 0.15) is 0 Å². The monoisotopic (exact) mass is 246 g/mol. The average molecular weight is 246 g/mol. The van der Waals surface area contributed by atoms with E-state index in [1.54, 1.807) is 12.1 Å². The van der Waals surface area contributed by atoms with E-state index >= 15 is 0 Å². The first-order valence-electron chi connectivity index (χ1n) is 6.86. The molecule has 1 aromatic rings. The van der Waals surface area contributed by atoms with Crippen LogP contribution in [-0.4, -0.2) is 11.6 Å². The predicted octanol–water partition coefficient (Wildman–Crippen LogP) is 4.43. The molecule has 2 nitrogen and oxygen atoms in total. The summed E-state index contributed by atoms with van der Waals surface area (Å²) in [6, 6.07) is 7.21. The Hall–Kier alpha value is -1.44. The molecule has 0 spiro atoms. The van der Waals surface area contributed by atoms with Crippen LogP contribution in [0, 0.1) is 0 Å². The lowest BCUT2D eigenvalue weighted by atomic mass is 9.95. The Labute approximate surface area is 109 Å². The summed E-state index contributed by atoms with van der Waals surface area (Å²) in [7, 11) is 0. The van der Waals surface area contributed by atoms with Crippen molar-refractivity contribution >= 4 is 11.6 Å². The first-order chi connectivity index (χ1) is 8.70. The molecule has 0 heterocycles. The van der Waals surface area contributed by atoms with Gasteiger partial charge in [-0.15, -0.1) is 0 Å². The van der Waals surface area contributed by atoms with Gasteiger partial charge in [0.2, 0.25) is 0 Å². The summed E-state index contributed by atoms with van der Waals surface area (Å²) < 4.78 is 0. The van der Waals surface area contributed by atoms with Crippen LogP contribution in [0.1, 0.15) is 73.1 Å². The van der Waals surface area contributed by atoms with Crippen molar-refractivity contribution in [3.8, 4) is 0 Å². The number of unbranched alkanes of at least 4 members (excludes halogenated alkanes) is 2. The van der Waals surface area contributed by atoms with Gasteiger partial charge in [-0.05, 0) is 12.8 Å². The normalized spacial score (nSPS) is 10.3. The summed E-state index contributed by atoms with van der Waals surface area (Å²) in [5, 5.41) is 0. The number of ketones is 2. The Morgan fingerprint density at radius 1 is 0.833 bits per heavy atom. The Balaban J connectivity index is 2.85. The maximum atomic E-state index is 12.1. The quantitative estimate of drug-likeness (QED) is 0.636. The molecule has 98 valence electrons. The number of rotatable bonds is 8. The Morgan fingerprint density at radius 2 is 1.22 bits per heavy atom. The minimum Gasteiger partial charge on any atom is -0.294 e. The summed E-state index contributed by atoms with van der Waals surface area (Å²) in [6.45, 7) is 4.12. The van der Waals surface area contributed by atoms with Crippen LogP contribution in [0.15, 0.2) is 24.3 Å². The Kier molecular flexibility index (Phi) is 6.34. The van der Waals surface area contributed by atoms with E-state index in [-0.39, 0.29) is 11.6 Å². The van der Waals surface area contributed by atoms with E-state index < -0.39 is 0 Å². The van der Waals surface area contributed by atoms with Crippen molar-refractivity contribution in [2.45, 2.75) is 52.4 Å². The number of benzene rings is 1. The van der Waals surface area contributed by atoms with E-state index in [1.807, 2.05) is 12.1 Å². The van der Waals surface area contributed by atoms with Crippen molar-refractivity contribution in [1.29, 1.82) is 0 Å². The fourth-order valence-electron chi connectivity index (χ4n) is 1.91. The van der Waals surface area contributed by atoms with Crippen LogP contribution in [0.4, 0.5) is 0 Å². The molecule has 0 saturated carbocycles. The lowest BCUT2D eigenvalue weighted by molar-refractivity contribution is 0.0946. The lowest BCUT2D eigenvalue weighted by Crippen LogP contribution is -2.09. The van der Waals surface area contributed by atoms with Gasteiger partial charge in [0.25, 0.3) is 0 Å². The van der Waals surface area contributed by atoms with E-state index in [0.29, 0.717) is 24.0 Å². The minimum absolute atomic E-state index is 0.0947. The van der Waals surface area contributed by atoms with Crippen LogP contribution in [0.3, 0.4) is 0 Å². The van der Waals surface area contributed by atoms with Crippen LogP contribution in [0.25, 0.3) is 0 Å². The SMILES string of the molecule is CCCCC(=O)c1ccccc1C(=O)CCCC. The third-order valence-corrected chi connectivity index (χ3v) is 3.04. The highest BCUT2D eigenvalue weighted by atomic mass is 16.1. The minimum atomic E-state index is 0.0947. The second kappa shape index (κ2) is 7.80. The number of Topliss-reactive ketones (excluding diaryl/α,β-unsaturated/α-hetero) is 2. The largest absolute Gasteiger partial charge is 0.294 e. The molecule has 0 aliphatic rings. The van der Waals surface area contributed by atoms with E-state index in [4.69, 9.17) is 0 Å². The number of carbonyl (C=O) groups excluding carboxylic acids is 2. The zero-order valence-corrected chi connectivity index (χ0v) is 11.4. The van der Waals surface area contributed by atoms with Gasteiger partial charge >= 0.3 is 0 Å². The van der Waals surface area contributed by atoms with E-state index in [0.717, 1.165) is 25.7 Å². The zero-order valence-electron chi connectivity index (χ0n) is 11.4. The molecule has 0 unspecified atom stereocenters. The van der Waals surface area contributed by atoms with Gasteiger partial charge in [-0.1, -0.05) is 51.0 Å². The first kappa shape index (κ1) is 14.6. The molecule has 1 aromatic carbocycles. The van der Waals surface area contributed by atoms with Crippen molar-refractivity contribution in [2.24, 2.45) is 0 Å². The fourth-order valence-corrected chi connectivity index (χ4v) is 1.91. The maximum absolute atomic E-state index is 12.1. The number of carbonyl (C=O) groups is 2. The highest BCUT2D eigenvalue weighted by Gasteiger charge is 2.15. The summed E-state index contributed by atoms with van der Waals surface area (Å²) in [4.78, 5) is 24.1. The van der Waals surface area contributed by atoms with Gasteiger partial charge in [0, 0.05) is 24.0 Å². The topological polar surface area (TPSA) is 34.1 Å². The van der Waals surface area contributed by atoms with E-state index in [2.05, 4.69) is 13.8 Å². The van der Waals surface area contributed by atoms with Gasteiger partial charge in [0.15, 0.2) is 11.6 Å². The van der Waals surface area contributed by atoms with Crippen molar-refractivity contribution < 1.29 is 9.59 Å². The van der Waals surface area contributed by atoms with Crippen LogP contribution in [0.2, 0.25) is 0 Å². The molecular weight excluding hydrogens is 224 g/mol. The Bertz CT molecular complexity index is 368. The second-order valence-corrected chi connectivity index (χ2v) is 4.60.